The Morgan fingerprint density at radius 1 is 0.500 bits per heavy atom. The predicted molar refractivity (Wildman–Crippen MR) is 52.8 cm³/mol. The molecule has 0 spiro atoms. The summed E-state index contributed by atoms with van der Waals surface area (Å²) in [5.41, 5.74) is 0. The molecule has 0 unspecified atom stereocenters. The molecule has 0 aliphatic heterocycles. The average molecular weight is 412 g/mol. The lowest BCUT2D eigenvalue weighted by atomic mass is 9.91. The number of alkyl halides is 12. The van der Waals surface area contributed by atoms with E-state index in [1.807, 2.05) is 0 Å². The van der Waals surface area contributed by atoms with Gasteiger partial charge in [0.25, 0.3) is 12.5 Å². The van der Waals surface area contributed by atoms with E-state index in [9.17, 15) is 52.7 Å². The van der Waals surface area contributed by atoms with E-state index in [0.717, 1.165) is 0 Å². The smallest absolute Gasteiger partial charge is 0.384 e. The van der Waals surface area contributed by atoms with Crippen LogP contribution in [0.3, 0.4) is 0 Å². The first-order valence-electron chi connectivity index (χ1n) is 5.66. The highest BCUT2D eigenvalue weighted by molar-refractivity contribution is 5.11. The van der Waals surface area contributed by atoms with Crippen LogP contribution in [0.15, 0.2) is 0 Å². The number of hydrogen-bond donors (Lipinski definition) is 0. The van der Waals surface area contributed by atoms with Gasteiger partial charge in [0, 0.05) is 0 Å². The molecule has 0 saturated heterocycles. The lowest BCUT2D eigenvalue weighted by Gasteiger charge is -2.40. The molecule has 4 nitrogen and oxygen atoms in total. The molecule has 0 fully saturated rings. The summed E-state index contributed by atoms with van der Waals surface area (Å²) in [5.74, 6) is -42.9. The molecule has 0 N–H and O–H groups in total. The van der Waals surface area contributed by atoms with Gasteiger partial charge in [-0.2, -0.15) is 63.2 Å². The normalized spacial score (nSPS) is 14.4. The van der Waals surface area contributed by atoms with Crippen molar-refractivity contribution < 1.29 is 62.2 Å². The minimum absolute atomic E-state index is 0.303. The van der Waals surface area contributed by atoms with Crippen molar-refractivity contribution in [2.75, 3.05) is 13.2 Å². The summed E-state index contributed by atoms with van der Waals surface area (Å²) in [7, 11) is 0. The van der Waals surface area contributed by atoms with Gasteiger partial charge in [0.05, 0.1) is 0 Å². The summed E-state index contributed by atoms with van der Waals surface area (Å²) in [5, 5.41) is 15.5. The molecule has 0 aromatic heterocycles. The van der Waals surface area contributed by atoms with Crippen LogP contribution in [0.5, 0.6) is 0 Å². The van der Waals surface area contributed by atoms with Crippen molar-refractivity contribution in [2.24, 2.45) is 0 Å². The highest BCUT2D eigenvalue weighted by Crippen LogP contribution is 2.59. The molecule has 0 heterocycles. The zero-order chi connectivity index (χ0) is 21.2. The van der Waals surface area contributed by atoms with Crippen LogP contribution in [0.4, 0.5) is 52.7 Å². The molecule has 16 heteroatoms. The maximum atomic E-state index is 13.2. The van der Waals surface area contributed by atoms with E-state index in [4.69, 9.17) is 10.5 Å². The van der Waals surface area contributed by atoms with Gasteiger partial charge in [0.2, 0.25) is 0 Å². The Labute approximate surface area is 135 Å². The zero-order valence-electron chi connectivity index (χ0n) is 11.7. The SMILES string of the molecule is N#COCC(F)(F)C(F)(F)C(F)(F)C(F)(F)C(F)(F)C(F)(F)COC#N. The second kappa shape index (κ2) is 6.81. The Hall–Kier alpha value is -2.26. The standard InChI is InChI=1S/C10H4F12N2O2/c11-5(12,1-25-3-23)7(15,16)9(19,20)10(21,22)8(17,18)6(13,14)2-26-4-24/h1-2H2. The zero-order valence-corrected chi connectivity index (χ0v) is 11.7. The number of halogens is 12. The molecule has 0 rings (SSSR count). The van der Waals surface area contributed by atoms with Crippen LogP contribution in [-0.4, -0.2) is 48.7 Å². The van der Waals surface area contributed by atoms with Crippen LogP contribution < -0.4 is 0 Å². The van der Waals surface area contributed by atoms with Gasteiger partial charge in [-0.25, -0.2) is 0 Å². The van der Waals surface area contributed by atoms with Gasteiger partial charge in [-0.1, -0.05) is 0 Å². The Morgan fingerprint density at radius 2 is 0.731 bits per heavy atom. The summed E-state index contributed by atoms with van der Waals surface area (Å²) < 4.78 is 163. The van der Waals surface area contributed by atoms with E-state index in [1.54, 1.807) is 0 Å². The first-order chi connectivity index (χ1) is 11.4. The third-order valence-corrected chi connectivity index (χ3v) is 2.74. The second-order valence-corrected chi connectivity index (χ2v) is 4.47. The van der Waals surface area contributed by atoms with Gasteiger partial charge in [-0.15, -0.1) is 0 Å². The quantitative estimate of drug-likeness (QED) is 0.427. The van der Waals surface area contributed by atoms with E-state index in [2.05, 4.69) is 9.47 Å². The predicted octanol–water partition coefficient (Wildman–Crippen LogP) is 3.79. The third kappa shape index (κ3) is 3.36. The Bertz CT molecular complexity index is 540. The van der Waals surface area contributed by atoms with Crippen molar-refractivity contribution in [3.63, 3.8) is 0 Å². The summed E-state index contributed by atoms with van der Waals surface area (Å²) >= 11 is 0. The lowest BCUT2D eigenvalue weighted by molar-refractivity contribution is -0.427. The summed E-state index contributed by atoms with van der Waals surface area (Å²) in [6, 6.07) is 0. The van der Waals surface area contributed by atoms with Gasteiger partial charge in [0.15, 0.2) is 13.2 Å². The van der Waals surface area contributed by atoms with Crippen molar-refractivity contribution in [1.82, 2.24) is 0 Å². The largest absolute Gasteiger partial charge is 0.421 e. The number of rotatable bonds is 9. The molecule has 26 heavy (non-hydrogen) atoms. The molecule has 0 amide bonds. The van der Waals surface area contributed by atoms with E-state index in [1.165, 1.54) is 0 Å². The Morgan fingerprint density at radius 3 is 0.923 bits per heavy atom. The molecular formula is C10H4F12N2O2. The molecule has 0 aromatic carbocycles. The fraction of sp³-hybridized carbons (Fsp3) is 0.800. The number of hydrogen-bond acceptors (Lipinski definition) is 4. The first kappa shape index (κ1) is 23.7. The van der Waals surface area contributed by atoms with Crippen LogP contribution in [0, 0.1) is 23.0 Å². The van der Waals surface area contributed by atoms with Crippen LogP contribution in [0.1, 0.15) is 0 Å². The summed E-state index contributed by atoms with van der Waals surface area (Å²) in [4.78, 5) is 0. The Kier molecular flexibility index (Phi) is 6.21. The fourth-order valence-electron chi connectivity index (χ4n) is 1.28. The maximum Gasteiger partial charge on any atom is 0.384 e. The molecule has 150 valence electrons. The van der Waals surface area contributed by atoms with Gasteiger partial charge in [-0.05, 0) is 0 Å². The molecule has 0 radical (unpaired) electrons. The summed E-state index contributed by atoms with van der Waals surface area (Å²) in [6.07, 6.45) is 0.605. The number of nitrogens with zero attached hydrogens (tertiary/aromatic N) is 2. The first-order valence-corrected chi connectivity index (χ1v) is 5.66. The summed E-state index contributed by atoms with van der Waals surface area (Å²) in [6.45, 7) is -5.89. The minimum atomic E-state index is -7.76. The van der Waals surface area contributed by atoms with E-state index in [0.29, 0.717) is 12.5 Å². The van der Waals surface area contributed by atoms with Crippen molar-refractivity contribution >= 4 is 0 Å². The average Bonchev–Trinajstić information content (AvgIpc) is 2.49. The molecule has 0 saturated carbocycles. The number of nitriles is 2. The fourth-order valence-corrected chi connectivity index (χ4v) is 1.28. The molecule has 0 aromatic rings. The van der Waals surface area contributed by atoms with Crippen LogP contribution in [0.25, 0.3) is 0 Å². The molecule has 0 atom stereocenters. The monoisotopic (exact) mass is 412 g/mol. The van der Waals surface area contributed by atoms with E-state index < -0.39 is 48.7 Å². The number of ether oxygens (including phenoxy) is 2. The van der Waals surface area contributed by atoms with Crippen LogP contribution in [0.2, 0.25) is 0 Å². The minimum Gasteiger partial charge on any atom is -0.421 e. The van der Waals surface area contributed by atoms with E-state index in [-0.39, 0.29) is 0 Å². The van der Waals surface area contributed by atoms with Crippen molar-refractivity contribution in [1.29, 1.82) is 10.5 Å². The Balaban J connectivity index is 6.16. The van der Waals surface area contributed by atoms with Gasteiger partial charge in [0.1, 0.15) is 0 Å². The van der Waals surface area contributed by atoms with Crippen molar-refractivity contribution in [2.45, 2.75) is 35.5 Å². The van der Waals surface area contributed by atoms with E-state index >= 15 is 0 Å². The lowest BCUT2D eigenvalue weighted by Crippen LogP contribution is -2.71. The van der Waals surface area contributed by atoms with Crippen molar-refractivity contribution in [3.05, 3.63) is 0 Å². The van der Waals surface area contributed by atoms with Gasteiger partial charge >= 0.3 is 35.5 Å². The van der Waals surface area contributed by atoms with Crippen molar-refractivity contribution in [3.8, 4) is 12.5 Å². The van der Waals surface area contributed by atoms with Crippen LogP contribution in [-0.2, 0) is 9.47 Å². The highest BCUT2D eigenvalue weighted by Gasteiger charge is 2.90. The van der Waals surface area contributed by atoms with Gasteiger partial charge < -0.3 is 9.47 Å². The van der Waals surface area contributed by atoms with Gasteiger partial charge in [-0.3, -0.25) is 0 Å². The molecule has 0 aliphatic rings. The second-order valence-electron chi connectivity index (χ2n) is 4.47. The molecule has 0 bridgehead atoms. The maximum absolute atomic E-state index is 13.2. The third-order valence-electron chi connectivity index (χ3n) is 2.74. The molecule has 0 aliphatic carbocycles. The topological polar surface area (TPSA) is 66.0 Å². The molecular weight excluding hydrogens is 408 g/mol. The van der Waals surface area contributed by atoms with Crippen LogP contribution >= 0.6 is 0 Å². The highest BCUT2D eigenvalue weighted by atomic mass is 19.4.